The number of amides is 1. The Bertz CT molecular complexity index is 1220. The van der Waals surface area contributed by atoms with Crippen molar-refractivity contribution in [2.24, 2.45) is 0 Å². The van der Waals surface area contributed by atoms with Gasteiger partial charge in [-0.3, -0.25) is 4.79 Å². The molecule has 0 saturated carbocycles. The van der Waals surface area contributed by atoms with Crippen LogP contribution in [0.15, 0.2) is 73.1 Å². The fraction of sp³-hybridized carbons (Fsp3) is 0.130. The van der Waals surface area contributed by atoms with Crippen molar-refractivity contribution in [3.8, 4) is 11.5 Å². The van der Waals surface area contributed by atoms with Crippen LogP contribution in [-0.4, -0.2) is 20.3 Å². The summed E-state index contributed by atoms with van der Waals surface area (Å²) in [4.78, 5) is 13.2. The van der Waals surface area contributed by atoms with Crippen molar-refractivity contribution >= 4 is 11.6 Å². The van der Waals surface area contributed by atoms with Crippen LogP contribution in [0.3, 0.4) is 0 Å². The highest BCUT2D eigenvalue weighted by Crippen LogP contribution is 2.31. The fourth-order valence-electron chi connectivity index (χ4n) is 3.33. The summed E-state index contributed by atoms with van der Waals surface area (Å²) in [6.07, 6.45) is -0.937. The first kappa shape index (κ1) is 20.5. The minimum absolute atomic E-state index is 0.0563. The van der Waals surface area contributed by atoms with E-state index in [2.05, 4.69) is 10.4 Å². The molecule has 0 aliphatic carbocycles. The Balaban J connectivity index is 1.78. The van der Waals surface area contributed by atoms with E-state index in [1.807, 2.05) is 43.3 Å². The van der Waals surface area contributed by atoms with Crippen molar-refractivity contribution in [2.75, 3.05) is 5.32 Å². The van der Waals surface area contributed by atoms with Crippen molar-refractivity contribution in [1.29, 1.82) is 0 Å². The Morgan fingerprint density at radius 3 is 2.29 bits per heavy atom. The highest BCUT2D eigenvalue weighted by Gasteiger charge is 2.31. The van der Waals surface area contributed by atoms with E-state index in [4.69, 9.17) is 0 Å². The maximum absolute atomic E-state index is 13.2. The molecule has 0 bridgehead atoms. The molecule has 0 atom stereocenters. The number of benzene rings is 2. The molecule has 2 heterocycles. The van der Waals surface area contributed by atoms with Gasteiger partial charge in [0.2, 0.25) is 0 Å². The van der Waals surface area contributed by atoms with Gasteiger partial charge in [-0.15, -0.1) is 0 Å². The monoisotopic (exact) mass is 424 g/mol. The summed E-state index contributed by atoms with van der Waals surface area (Å²) in [7, 11) is 0. The molecule has 0 unspecified atom stereocenters. The number of carbonyl (C=O) groups is 1. The molecule has 0 aliphatic heterocycles. The molecule has 2 aromatic carbocycles. The molecule has 8 heteroatoms. The van der Waals surface area contributed by atoms with Gasteiger partial charge >= 0.3 is 6.18 Å². The van der Waals surface area contributed by atoms with Crippen LogP contribution < -0.4 is 5.32 Å². The van der Waals surface area contributed by atoms with Gasteiger partial charge < -0.3 is 9.88 Å². The molecule has 31 heavy (non-hydrogen) atoms. The van der Waals surface area contributed by atoms with Crippen LogP contribution in [0, 0.1) is 13.8 Å². The quantitative estimate of drug-likeness (QED) is 0.467. The third kappa shape index (κ3) is 4.09. The lowest BCUT2D eigenvalue weighted by Crippen LogP contribution is -2.16. The second kappa shape index (κ2) is 7.79. The maximum Gasteiger partial charge on any atom is 0.416 e. The largest absolute Gasteiger partial charge is 0.416 e. The van der Waals surface area contributed by atoms with E-state index in [9.17, 15) is 18.0 Å². The Morgan fingerprint density at radius 2 is 1.65 bits per heavy atom. The zero-order valence-corrected chi connectivity index (χ0v) is 16.8. The Kier molecular flexibility index (Phi) is 5.14. The Labute approximate surface area is 176 Å². The standard InChI is InChI=1S/C23H19F3N4O/c1-15-8-10-19(11-9-15)30-22(29-12-3-4-13-29)20(16(2)28-30)21(31)27-18-7-5-6-17(14-18)23(24,25)26/h3-14H,1-2H3,(H,27,31). The van der Waals surface area contributed by atoms with Crippen LogP contribution >= 0.6 is 0 Å². The van der Waals surface area contributed by atoms with Gasteiger partial charge in [-0.25, -0.2) is 4.68 Å². The van der Waals surface area contributed by atoms with Crippen LogP contribution in [0.25, 0.3) is 11.5 Å². The molecule has 0 fully saturated rings. The molecular weight excluding hydrogens is 405 g/mol. The van der Waals surface area contributed by atoms with Crippen molar-refractivity contribution in [3.63, 3.8) is 0 Å². The predicted octanol–water partition coefficient (Wildman–Crippen LogP) is 5.55. The third-order valence-corrected chi connectivity index (χ3v) is 4.84. The van der Waals surface area contributed by atoms with Crippen LogP contribution in [0.4, 0.5) is 18.9 Å². The number of nitrogens with one attached hydrogen (secondary N) is 1. The highest BCUT2D eigenvalue weighted by atomic mass is 19.4. The zero-order chi connectivity index (χ0) is 22.2. The summed E-state index contributed by atoms with van der Waals surface area (Å²) >= 11 is 0. The minimum Gasteiger partial charge on any atom is -0.322 e. The normalized spacial score (nSPS) is 11.5. The molecular formula is C23H19F3N4O. The summed E-state index contributed by atoms with van der Waals surface area (Å²) in [5.41, 5.74) is 1.79. The summed E-state index contributed by atoms with van der Waals surface area (Å²) in [5, 5.41) is 7.12. The second-order valence-electron chi connectivity index (χ2n) is 7.15. The number of hydrogen-bond acceptors (Lipinski definition) is 2. The smallest absolute Gasteiger partial charge is 0.322 e. The van der Waals surface area contributed by atoms with Crippen LogP contribution in [-0.2, 0) is 6.18 Å². The van der Waals surface area contributed by atoms with Crippen molar-refractivity contribution < 1.29 is 18.0 Å². The fourth-order valence-corrected chi connectivity index (χ4v) is 3.33. The summed E-state index contributed by atoms with van der Waals surface area (Å²) < 4.78 is 42.5. The van der Waals surface area contributed by atoms with Gasteiger partial charge in [0.1, 0.15) is 5.56 Å². The minimum atomic E-state index is -4.50. The van der Waals surface area contributed by atoms with Crippen molar-refractivity contribution in [2.45, 2.75) is 20.0 Å². The van der Waals surface area contributed by atoms with E-state index in [0.717, 1.165) is 23.4 Å². The number of rotatable bonds is 4. The number of carbonyl (C=O) groups excluding carboxylic acids is 1. The first-order chi connectivity index (χ1) is 14.7. The molecule has 0 radical (unpaired) electrons. The van der Waals surface area contributed by atoms with E-state index >= 15 is 0 Å². The average molecular weight is 424 g/mol. The average Bonchev–Trinajstić information content (AvgIpc) is 3.35. The van der Waals surface area contributed by atoms with Gasteiger partial charge in [0.25, 0.3) is 5.91 Å². The summed E-state index contributed by atoms with van der Waals surface area (Å²) in [6.45, 7) is 3.66. The van der Waals surface area contributed by atoms with Crippen LogP contribution in [0.2, 0.25) is 0 Å². The highest BCUT2D eigenvalue weighted by molar-refractivity contribution is 6.07. The van der Waals surface area contributed by atoms with Gasteiger partial charge in [-0.05, 0) is 56.3 Å². The Morgan fingerprint density at radius 1 is 0.968 bits per heavy atom. The Hall–Kier alpha value is -3.81. The molecule has 4 aromatic rings. The molecule has 0 saturated heterocycles. The molecule has 158 valence electrons. The van der Waals surface area contributed by atoms with E-state index < -0.39 is 17.6 Å². The number of aromatic nitrogens is 3. The van der Waals surface area contributed by atoms with Gasteiger partial charge in [0.05, 0.1) is 16.9 Å². The molecule has 2 aromatic heterocycles. The van der Waals surface area contributed by atoms with E-state index in [1.54, 1.807) is 28.6 Å². The molecule has 0 aliphatic rings. The lowest BCUT2D eigenvalue weighted by atomic mass is 10.1. The van der Waals surface area contributed by atoms with Gasteiger partial charge in [-0.1, -0.05) is 23.8 Å². The van der Waals surface area contributed by atoms with Gasteiger partial charge in [0.15, 0.2) is 5.82 Å². The summed E-state index contributed by atoms with van der Waals surface area (Å²) in [5.74, 6) is -0.0466. The van der Waals surface area contributed by atoms with E-state index in [-0.39, 0.29) is 11.3 Å². The van der Waals surface area contributed by atoms with Crippen LogP contribution in [0.1, 0.15) is 27.2 Å². The van der Waals surface area contributed by atoms with Gasteiger partial charge in [0, 0.05) is 18.1 Å². The first-order valence-electron chi connectivity index (χ1n) is 9.52. The zero-order valence-electron chi connectivity index (χ0n) is 16.8. The number of aryl methyl sites for hydroxylation is 2. The number of alkyl halides is 3. The predicted molar refractivity (Wildman–Crippen MR) is 112 cm³/mol. The van der Waals surface area contributed by atoms with E-state index in [0.29, 0.717) is 11.5 Å². The van der Waals surface area contributed by atoms with E-state index in [1.165, 1.54) is 12.1 Å². The molecule has 1 N–H and O–H groups in total. The lowest BCUT2D eigenvalue weighted by Gasteiger charge is -2.12. The number of nitrogens with zero attached hydrogens (tertiary/aromatic N) is 3. The molecule has 5 nitrogen and oxygen atoms in total. The van der Waals surface area contributed by atoms with Crippen molar-refractivity contribution in [3.05, 3.63) is 95.4 Å². The number of anilines is 1. The second-order valence-corrected chi connectivity index (χ2v) is 7.15. The lowest BCUT2D eigenvalue weighted by molar-refractivity contribution is -0.137. The SMILES string of the molecule is Cc1ccc(-n2nc(C)c(C(=O)Nc3cccc(C(F)(F)F)c3)c2-n2cccc2)cc1. The topological polar surface area (TPSA) is 51.9 Å². The molecule has 4 rings (SSSR count). The van der Waals surface area contributed by atoms with Crippen LogP contribution in [0.5, 0.6) is 0 Å². The molecule has 1 amide bonds. The maximum atomic E-state index is 13.2. The van der Waals surface area contributed by atoms with Crippen molar-refractivity contribution in [1.82, 2.24) is 14.3 Å². The first-order valence-corrected chi connectivity index (χ1v) is 9.52. The number of halogens is 3. The third-order valence-electron chi connectivity index (χ3n) is 4.84. The van der Waals surface area contributed by atoms with Gasteiger partial charge in [-0.2, -0.15) is 18.3 Å². The number of hydrogen-bond donors (Lipinski definition) is 1. The molecule has 0 spiro atoms. The summed E-state index contributed by atoms with van der Waals surface area (Å²) in [6, 6.07) is 15.8.